The molecule has 0 radical (unpaired) electrons. The SMILES string of the molecule is CCOC(=O)c1nc(SC)nc2c(Br)cc(SNC3(C)CC3)cc12. The molecule has 24 heavy (non-hydrogen) atoms. The normalized spacial score (nSPS) is 15.5. The molecule has 1 heterocycles. The van der Waals surface area contributed by atoms with E-state index in [1.54, 1.807) is 18.9 Å². The molecule has 1 saturated carbocycles. The van der Waals surface area contributed by atoms with Crippen molar-refractivity contribution in [1.29, 1.82) is 0 Å². The van der Waals surface area contributed by atoms with Gasteiger partial charge in [-0.25, -0.2) is 14.8 Å². The van der Waals surface area contributed by atoms with Crippen LogP contribution in [0.25, 0.3) is 10.9 Å². The van der Waals surface area contributed by atoms with E-state index < -0.39 is 5.97 Å². The molecule has 0 unspecified atom stereocenters. The summed E-state index contributed by atoms with van der Waals surface area (Å²) in [6, 6.07) is 3.96. The van der Waals surface area contributed by atoms with E-state index >= 15 is 0 Å². The Kier molecular flexibility index (Phi) is 5.39. The first-order chi connectivity index (χ1) is 11.5. The summed E-state index contributed by atoms with van der Waals surface area (Å²) in [4.78, 5) is 22.2. The quantitative estimate of drug-likeness (QED) is 0.316. The third-order valence-electron chi connectivity index (χ3n) is 3.77. The first kappa shape index (κ1) is 18.0. The fourth-order valence-electron chi connectivity index (χ4n) is 2.12. The van der Waals surface area contributed by atoms with Gasteiger partial charge in [-0.1, -0.05) is 11.8 Å². The maximum Gasteiger partial charge on any atom is 0.357 e. The van der Waals surface area contributed by atoms with Crippen LogP contribution in [0.4, 0.5) is 0 Å². The van der Waals surface area contributed by atoms with Crippen molar-refractivity contribution in [2.45, 2.75) is 42.3 Å². The summed E-state index contributed by atoms with van der Waals surface area (Å²) >= 11 is 6.55. The lowest BCUT2D eigenvalue weighted by Crippen LogP contribution is -2.19. The van der Waals surface area contributed by atoms with Gasteiger partial charge in [0.25, 0.3) is 0 Å². The van der Waals surface area contributed by atoms with Gasteiger partial charge in [0.05, 0.1) is 12.1 Å². The zero-order valence-corrected chi connectivity index (χ0v) is 16.9. The maximum absolute atomic E-state index is 12.3. The number of benzene rings is 1. The number of carbonyl (C=O) groups excluding carboxylic acids is 1. The van der Waals surface area contributed by atoms with E-state index in [1.807, 2.05) is 18.4 Å². The molecule has 5 nitrogen and oxygen atoms in total. The zero-order chi connectivity index (χ0) is 17.3. The number of thioether (sulfide) groups is 1. The van der Waals surface area contributed by atoms with Crippen LogP contribution < -0.4 is 4.72 Å². The van der Waals surface area contributed by atoms with E-state index in [-0.39, 0.29) is 5.54 Å². The second-order valence-electron chi connectivity index (χ2n) is 5.85. The van der Waals surface area contributed by atoms with Crippen LogP contribution in [0.15, 0.2) is 26.7 Å². The first-order valence-corrected chi connectivity index (χ1v) is 10.5. The Bertz CT molecular complexity index is 796. The predicted molar refractivity (Wildman–Crippen MR) is 102 cm³/mol. The van der Waals surface area contributed by atoms with Crippen LogP contribution in [-0.2, 0) is 4.74 Å². The van der Waals surface area contributed by atoms with Gasteiger partial charge in [-0.05, 0) is 73.0 Å². The number of hydrogen-bond donors (Lipinski definition) is 1. The van der Waals surface area contributed by atoms with Crippen molar-refractivity contribution in [2.24, 2.45) is 0 Å². The average molecular weight is 428 g/mol. The third kappa shape index (κ3) is 3.87. The minimum atomic E-state index is -0.420. The van der Waals surface area contributed by atoms with Crippen molar-refractivity contribution in [1.82, 2.24) is 14.7 Å². The minimum Gasteiger partial charge on any atom is -0.461 e. The molecule has 1 aliphatic carbocycles. The number of halogens is 1. The molecular formula is C16H18BrN3O2S2. The largest absolute Gasteiger partial charge is 0.461 e. The number of fused-ring (bicyclic) bond motifs is 1. The average Bonchev–Trinajstić information content (AvgIpc) is 3.30. The molecule has 0 saturated heterocycles. The number of rotatable bonds is 6. The Balaban J connectivity index is 2.05. The molecular weight excluding hydrogens is 410 g/mol. The Hall–Kier alpha value is -0.830. The van der Waals surface area contributed by atoms with Gasteiger partial charge in [0.1, 0.15) is 0 Å². The highest BCUT2D eigenvalue weighted by atomic mass is 79.9. The van der Waals surface area contributed by atoms with Crippen LogP contribution in [0.5, 0.6) is 0 Å². The highest BCUT2D eigenvalue weighted by Crippen LogP contribution is 2.39. The van der Waals surface area contributed by atoms with Crippen molar-refractivity contribution in [3.05, 3.63) is 22.3 Å². The minimum absolute atomic E-state index is 0.218. The lowest BCUT2D eigenvalue weighted by molar-refractivity contribution is 0.0521. The lowest BCUT2D eigenvalue weighted by Gasteiger charge is -2.13. The summed E-state index contributed by atoms with van der Waals surface area (Å²) in [6.07, 6.45) is 4.25. The molecule has 128 valence electrons. The number of aromatic nitrogens is 2. The summed E-state index contributed by atoms with van der Waals surface area (Å²) in [5.41, 5.74) is 1.25. The van der Waals surface area contributed by atoms with Crippen molar-refractivity contribution in [2.75, 3.05) is 12.9 Å². The van der Waals surface area contributed by atoms with Crippen LogP contribution in [0.2, 0.25) is 0 Å². The summed E-state index contributed by atoms with van der Waals surface area (Å²) in [5.74, 6) is -0.420. The number of nitrogens with zero attached hydrogens (tertiary/aromatic N) is 2. The molecule has 8 heteroatoms. The molecule has 1 aromatic heterocycles. The van der Waals surface area contributed by atoms with Gasteiger partial charge in [-0.3, -0.25) is 4.72 Å². The van der Waals surface area contributed by atoms with Gasteiger partial charge in [0.15, 0.2) is 10.9 Å². The van der Waals surface area contributed by atoms with E-state index in [9.17, 15) is 4.79 Å². The molecule has 1 N–H and O–H groups in total. The number of esters is 1. The van der Waals surface area contributed by atoms with Crippen molar-refractivity contribution in [3.63, 3.8) is 0 Å². The number of carbonyl (C=O) groups is 1. The second-order valence-corrected chi connectivity index (χ2v) is 8.35. The van der Waals surface area contributed by atoms with Gasteiger partial charge < -0.3 is 4.74 Å². The van der Waals surface area contributed by atoms with E-state index in [4.69, 9.17) is 4.74 Å². The van der Waals surface area contributed by atoms with Crippen molar-refractivity contribution >= 4 is 56.5 Å². The molecule has 1 aromatic carbocycles. The molecule has 0 amide bonds. The Morgan fingerprint density at radius 1 is 1.42 bits per heavy atom. The number of nitrogens with one attached hydrogen (secondary N) is 1. The fraction of sp³-hybridized carbons (Fsp3) is 0.438. The lowest BCUT2D eigenvalue weighted by atomic mass is 10.2. The van der Waals surface area contributed by atoms with Gasteiger partial charge in [0.2, 0.25) is 0 Å². The first-order valence-electron chi connectivity index (χ1n) is 7.62. The molecule has 1 aliphatic rings. The smallest absolute Gasteiger partial charge is 0.357 e. The van der Waals surface area contributed by atoms with Gasteiger partial charge in [-0.2, -0.15) is 0 Å². The van der Waals surface area contributed by atoms with E-state index in [0.717, 1.165) is 14.9 Å². The predicted octanol–water partition coefficient (Wildman–Crippen LogP) is 4.44. The van der Waals surface area contributed by atoms with Crippen molar-refractivity contribution < 1.29 is 9.53 Å². The molecule has 1 fully saturated rings. The van der Waals surface area contributed by atoms with Crippen LogP contribution in [0, 0.1) is 0 Å². The molecule has 0 atom stereocenters. The Morgan fingerprint density at radius 2 is 2.17 bits per heavy atom. The summed E-state index contributed by atoms with van der Waals surface area (Å²) in [6.45, 7) is 4.30. The van der Waals surface area contributed by atoms with E-state index in [1.165, 1.54) is 24.6 Å². The zero-order valence-electron chi connectivity index (χ0n) is 13.7. The molecule has 0 spiro atoms. The fourth-order valence-corrected chi connectivity index (χ4v) is 4.11. The van der Waals surface area contributed by atoms with Gasteiger partial charge in [-0.15, -0.1) is 0 Å². The van der Waals surface area contributed by atoms with Gasteiger partial charge in [0, 0.05) is 20.3 Å². The molecule has 3 rings (SSSR count). The van der Waals surface area contributed by atoms with Crippen LogP contribution >= 0.6 is 39.6 Å². The number of hydrogen-bond acceptors (Lipinski definition) is 7. The Labute approximate surface area is 158 Å². The highest BCUT2D eigenvalue weighted by Gasteiger charge is 2.37. The Morgan fingerprint density at radius 3 is 2.79 bits per heavy atom. The molecule has 2 aromatic rings. The molecule has 0 aliphatic heterocycles. The third-order valence-corrected chi connectivity index (χ3v) is 5.99. The monoisotopic (exact) mass is 427 g/mol. The molecule has 0 bridgehead atoms. The summed E-state index contributed by atoms with van der Waals surface area (Å²) in [7, 11) is 0. The van der Waals surface area contributed by atoms with Crippen LogP contribution in [0.1, 0.15) is 37.2 Å². The summed E-state index contributed by atoms with van der Waals surface area (Å²) < 4.78 is 9.48. The van der Waals surface area contributed by atoms with Crippen LogP contribution in [0.3, 0.4) is 0 Å². The van der Waals surface area contributed by atoms with Gasteiger partial charge >= 0.3 is 5.97 Å². The number of ether oxygens (including phenoxy) is 1. The van der Waals surface area contributed by atoms with E-state index in [0.29, 0.717) is 22.8 Å². The summed E-state index contributed by atoms with van der Waals surface area (Å²) in [5, 5.41) is 1.25. The van der Waals surface area contributed by atoms with E-state index in [2.05, 4.69) is 37.5 Å². The second kappa shape index (κ2) is 7.19. The topological polar surface area (TPSA) is 64.1 Å². The highest BCUT2D eigenvalue weighted by molar-refractivity contribution is 9.10. The van der Waals surface area contributed by atoms with Crippen LogP contribution in [-0.4, -0.2) is 34.3 Å². The standard InChI is InChI=1S/C16H18BrN3O2S2/c1-4-22-14(21)13-10-7-9(24-20-16(2)5-6-16)8-11(17)12(10)18-15(19-13)23-3/h7-8,20H,4-6H2,1-3H3. The maximum atomic E-state index is 12.3. The van der Waals surface area contributed by atoms with Crippen molar-refractivity contribution in [3.8, 4) is 0 Å².